The van der Waals surface area contributed by atoms with Crippen molar-refractivity contribution in [2.24, 2.45) is 0 Å². The second-order valence-corrected chi connectivity index (χ2v) is 6.95. The number of fused-ring (bicyclic) bond motifs is 1. The van der Waals surface area contributed by atoms with Crippen LogP contribution in [0.1, 0.15) is 30.0 Å². The zero-order chi connectivity index (χ0) is 18.8. The Balaban J connectivity index is 1.72. The fourth-order valence-electron chi connectivity index (χ4n) is 3.89. The SMILES string of the molecule is COc1ccc([C@H]2C(=O)N3CCC[C@H]3C(=O)NN2Cc2ccccc2)cc1. The molecule has 27 heavy (non-hydrogen) atoms. The van der Waals surface area contributed by atoms with Crippen molar-refractivity contribution in [2.45, 2.75) is 31.5 Å². The summed E-state index contributed by atoms with van der Waals surface area (Å²) >= 11 is 0. The van der Waals surface area contributed by atoms with E-state index in [1.165, 1.54) is 0 Å². The van der Waals surface area contributed by atoms with Gasteiger partial charge in [-0.2, -0.15) is 5.01 Å². The third-order valence-corrected chi connectivity index (χ3v) is 5.27. The minimum atomic E-state index is -0.567. The summed E-state index contributed by atoms with van der Waals surface area (Å²) in [5, 5.41) is 1.76. The number of nitrogens with one attached hydrogen (secondary N) is 1. The van der Waals surface area contributed by atoms with Crippen LogP contribution in [0.5, 0.6) is 5.75 Å². The highest BCUT2D eigenvalue weighted by Crippen LogP contribution is 2.31. The van der Waals surface area contributed by atoms with Gasteiger partial charge in [-0.1, -0.05) is 42.5 Å². The van der Waals surface area contributed by atoms with Crippen LogP contribution in [-0.4, -0.2) is 41.4 Å². The van der Waals surface area contributed by atoms with E-state index in [1.54, 1.807) is 17.0 Å². The molecule has 2 heterocycles. The Bertz CT molecular complexity index is 822. The van der Waals surface area contributed by atoms with Crippen LogP contribution >= 0.6 is 0 Å². The molecule has 1 N–H and O–H groups in total. The van der Waals surface area contributed by atoms with Gasteiger partial charge in [0.25, 0.3) is 5.91 Å². The Labute approximate surface area is 158 Å². The molecule has 0 radical (unpaired) electrons. The lowest BCUT2D eigenvalue weighted by atomic mass is 10.0. The summed E-state index contributed by atoms with van der Waals surface area (Å²) in [6.07, 6.45) is 1.57. The summed E-state index contributed by atoms with van der Waals surface area (Å²) in [6.45, 7) is 1.08. The molecule has 0 aromatic heterocycles. The number of methoxy groups -OCH3 is 1. The summed E-state index contributed by atoms with van der Waals surface area (Å²) in [5.74, 6) is 0.599. The molecule has 6 nitrogen and oxygen atoms in total. The maximum absolute atomic E-state index is 13.4. The fourth-order valence-corrected chi connectivity index (χ4v) is 3.89. The number of amides is 2. The molecule has 2 aromatic carbocycles. The summed E-state index contributed by atoms with van der Waals surface area (Å²) in [6, 6.07) is 16.4. The van der Waals surface area contributed by atoms with Gasteiger partial charge >= 0.3 is 0 Å². The van der Waals surface area contributed by atoms with Gasteiger partial charge in [-0.05, 0) is 36.1 Å². The molecule has 2 amide bonds. The second-order valence-electron chi connectivity index (χ2n) is 6.95. The van der Waals surface area contributed by atoms with Crippen LogP contribution in [0.2, 0.25) is 0 Å². The number of hydrazine groups is 1. The number of carbonyl (C=O) groups is 2. The molecular weight excluding hydrogens is 342 g/mol. The molecule has 6 heteroatoms. The van der Waals surface area contributed by atoms with Crippen molar-refractivity contribution < 1.29 is 14.3 Å². The fraction of sp³-hybridized carbons (Fsp3) is 0.333. The van der Waals surface area contributed by atoms with Gasteiger partial charge < -0.3 is 9.64 Å². The Kier molecular flexibility index (Phi) is 4.81. The Morgan fingerprint density at radius 1 is 1.07 bits per heavy atom. The number of ether oxygens (including phenoxy) is 1. The van der Waals surface area contributed by atoms with Crippen molar-refractivity contribution in [3.8, 4) is 5.75 Å². The number of rotatable bonds is 4. The van der Waals surface area contributed by atoms with Gasteiger partial charge in [0.05, 0.1) is 7.11 Å². The van der Waals surface area contributed by atoms with Crippen molar-refractivity contribution in [2.75, 3.05) is 13.7 Å². The lowest BCUT2D eigenvalue weighted by Crippen LogP contribution is -2.45. The van der Waals surface area contributed by atoms with Crippen LogP contribution in [0.15, 0.2) is 54.6 Å². The number of benzene rings is 2. The van der Waals surface area contributed by atoms with Gasteiger partial charge in [0.15, 0.2) is 0 Å². The molecule has 0 aliphatic carbocycles. The van der Waals surface area contributed by atoms with Gasteiger partial charge in [-0.25, -0.2) is 0 Å². The first-order valence-corrected chi connectivity index (χ1v) is 9.23. The predicted molar refractivity (Wildman–Crippen MR) is 101 cm³/mol. The van der Waals surface area contributed by atoms with E-state index >= 15 is 0 Å². The van der Waals surface area contributed by atoms with E-state index in [0.29, 0.717) is 19.5 Å². The van der Waals surface area contributed by atoms with E-state index in [-0.39, 0.29) is 17.9 Å². The van der Waals surface area contributed by atoms with E-state index in [2.05, 4.69) is 5.43 Å². The first-order valence-electron chi connectivity index (χ1n) is 9.23. The Morgan fingerprint density at radius 3 is 2.52 bits per heavy atom. The quantitative estimate of drug-likeness (QED) is 0.903. The van der Waals surface area contributed by atoms with Crippen LogP contribution in [0.3, 0.4) is 0 Å². The lowest BCUT2D eigenvalue weighted by molar-refractivity contribution is -0.137. The van der Waals surface area contributed by atoms with Crippen molar-refractivity contribution in [3.05, 3.63) is 65.7 Å². The smallest absolute Gasteiger partial charge is 0.257 e. The largest absolute Gasteiger partial charge is 0.497 e. The summed E-state index contributed by atoms with van der Waals surface area (Å²) in [5.41, 5.74) is 4.88. The van der Waals surface area contributed by atoms with E-state index < -0.39 is 6.04 Å². The molecule has 0 unspecified atom stereocenters. The Morgan fingerprint density at radius 2 is 1.81 bits per heavy atom. The summed E-state index contributed by atoms with van der Waals surface area (Å²) < 4.78 is 5.24. The number of carbonyl (C=O) groups excluding carboxylic acids is 2. The molecule has 140 valence electrons. The van der Waals surface area contributed by atoms with E-state index in [4.69, 9.17) is 4.74 Å². The first-order chi connectivity index (χ1) is 13.2. The van der Waals surface area contributed by atoms with Gasteiger partial charge in [-0.3, -0.25) is 15.0 Å². The first kappa shape index (κ1) is 17.5. The molecule has 2 aliphatic heterocycles. The van der Waals surface area contributed by atoms with Crippen LogP contribution in [0, 0.1) is 0 Å². The van der Waals surface area contributed by atoms with Crippen molar-refractivity contribution in [1.29, 1.82) is 0 Å². The highest BCUT2D eigenvalue weighted by atomic mass is 16.5. The maximum Gasteiger partial charge on any atom is 0.257 e. The highest BCUT2D eigenvalue weighted by molar-refractivity contribution is 5.93. The molecule has 0 bridgehead atoms. The van der Waals surface area contributed by atoms with E-state index in [9.17, 15) is 9.59 Å². The minimum Gasteiger partial charge on any atom is -0.497 e. The molecular formula is C21H23N3O3. The topological polar surface area (TPSA) is 61.9 Å². The average molecular weight is 365 g/mol. The third-order valence-electron chi connectivity index (χ3n) is 5.27. The van der Waals surface area contributed by atoms with Crippen molar-refractivity contribution in [3.63, 3.8) is 0 Å². The second kappa shape index (κ2) is 7.40. The van der Waals surface area contributed by atoms with E-state index in [0.717, 1.165) is 23.3 Å². The minimum absolute atomic E-state index is 0.0306. The Hall–Kier alpha value is -2.86. The molecule has 2 atom stereocenters. The van der Waals surface area contributed by atoms with Crippen LogP contribution in [-0.2, 0) is 16.1 Å². The molecule has 2 aromatic rings. The molecule has 0 spiro atoms. The molecule has 2 saturated heterocycles. The van der Waals surface area contributed by atoms with Crippen LogP contribution in [0.4, 0.5) is 0 Å². The maximum atomic E-state index is 13.4. The molecule has 2 fully saturated rings. The van der Waals surface area contributed by atoms with Crippen molar-refractivity contribution in [1.82, 2.24) is 15.3 Å². The predicted octanol–water partition coefficient (Wildman–Crippen LogP) is 2.27. The number of hydrogen-bond acceptors (Lipinski definition) is 4. The zero-order valence-electron chi connectivity index (χ0n) is 15.3. The monoisotopic (exact) mass is 365 g/mol. The molecule has 2 aliphatic rings. The third kappa shape index (κ3) is 3.40. The molecule has 0 saturated carbocycles. The van der Waals surface area contributed by atoms with Gasteiger partial charge in [0, 0.05) is 13.1 Å². The van der Waals surface area contributed by atoms with Crippen LogP contribution < -0.4 is 10.2 Å². The highest BCUT2D eigenvalue weighted by Gasteiger charge is 2.44. The summed E-state index contributed by atoms with van der Waals surface area (Å²) in [4.78, 5) is 27.9. The van der Waals surface area contributed by atoms with Crippen LogP contribution in [0.25, 0.3) is 0 Å². The van der Waals surface area contributed by atoms with Gasteiger partial charge in [-0.15, -0.1) is 0 Å². The van der Waals surface area contributed by atoms with Gasteiger partial charge in [0.1, 0.15) is 17.8 Å². The summed E-state index contributed by atoms with van der Waals surface area (Å²) in [7, 11) is 1.61. The average Bonchev–Trinajstić information content (AvgIpc) is 3.16. The number of nitrogens with zero attached hydrogens (tertiary/aromatic N) is 2. The number of hydrogen-bond donors (Lipinski definition) is 1. The standard InChI is InChI=1S/C21H23N3O3/c1-27-17-11-9-16(10-12-17)19-21(26)23-13-5-8-18(23)20(25)22-24(19)14-15-6-3-2-4-7-15/h2-4,6-7,9-12,18-19H,5,8,13-14H2,1H3,(H,22,25)/t18-,19-/m0/s1. The normalized spacial score (nSPS) is 22.9. The van der Waals surface area contributed by atoms with E-state index in [1.807, 2.05) is 54.6 Å². The molecule has 4 rings (SSSR count). The zero-order valence-corrected chi connectivity index (χ0v) is 15.3. The van der Waals surface area contributed by atoms with Gasteiger partial charge in [0.2, 0.25) is 5.91 Å². The van der Waals surface area contributed by atoms with Crippen molar-refractivity contribution >= 4 is 11.8 Å². The lowest BCUT2D eigenvalue weighted by Gasteiger charge is -2.30.